The second-order valence-electron chi connectivity index (χ2n) is 7.78. The van der Waals surface area contributed by atoms with E-state index in [9.17, 15) is 4.39 Å². The van der Waals surface area contributed by atoms with Crippen LogP contribution in [0.4, 0.5) is 4.39 Å². The number of fused-ring (bicyclic) bond motifs is 1. The molecule has 3 rings (SSSR count). The van der Waals surface area contributed by atoms with E-state index >= 15 is 0 Å². The Balaban J connectivity index is 1.98. The summed E-state index contributed by atoms with van der Waals surface area (Å²) >= 11 is 0. The van der Waals surface area contributed by atoms with Gasteiger partial charge in [0.2, 0.25) is 0 Å². The van der Waals surface area contributed by atoms with E-state index in [-0.39, 0.29) is 5.82 Å². The lowest BCUT2D eigenvalue weighted by Crippen LogP contribution is -2.25. The Bertz CT molecular complexity index is 683. The second-order valence-corrected chi connectivity index (χ2v) is 7.78. The van der Waals surface area contributed by atoms with Gasteiger partial charge < -0.3 is 0 Å². The van der Waals surface area contributed by atoms with Crippen LogP contribution in [0.1, 0.15) is 52.5 Å². The summed E-state index contributed by atoms with van der Waals surface area (Å²) in [5.74, 6) is 0.591. The average Bonchev–Trinajstić information content (AvgIpc) is 2.77. The van der Waals surface area contributed by atoms with Gasteiger partial charge in [0.15, 0.2) is 0 Å². The van der Waals surface area contributed by atoms with Gasteiger partial charge in [0.1, 0.15) is 5.82 Å². The Kier molecular flexibility index (Phi) is 4.31. The summed E-state index contributed by atoms with van der Waals surface area (Å²) in [6.45, 7) is 9.17. The molecule has 0 aromatic heterocycles. The SMILES string of the molecule is CC(C)=CC1=C(Cc2ccc(F)cc2)C=C2CCC(C)C2(C)C1. The summed E-state index contributed by atoms with van der Waals surface area (Å²) in [5, 5.41) is 0. The van der Waals surface area contributed by atoms with E-state index < -0.39 is 0 Å². The normalized spacial score (nSPS) is 26.8. The Morgan fingerprint density at radius 3 is 2.61 bits per heavy atom. The maximum atomic E-state index is 13.2. The Labute approximate surface area is 139 Å². The van der Waals surface area contributed by atoms with Crippen molar-refractivity contribution in [1.29, 1.82) is 0 Å². The molecular weight excluding hydrogens is 283 g/mol. The predicted octanol–water partition coefficient (Wildman–Crippen LogP) is 6.40. The molecule has 0 spiro atoms. The van der Waals surface area contributed by atoms with Gasteiger partial charge in [-0.2, -0.15) is 0 Å². The van der Waals surface area contributed by atoms with Crippen LogP contribution in [0, 0.1) is 17.2 Å². The predicted molar refractivity (Wildman–Crippen MR) is 95.8 cm³/mol. The number of hydrogen-bond donors (Lipinski definition) is 0. The highest BCUT2D eigenvalue weighted by Gasteiger charge is 2.42. The first-order chi connectivity index (χ1) is 10.9. The van der Waals surface area contributed by atoms with Crippen molar-refractivity contribution in [2.75, 3.05) is 0 Å². The minimum Gasteiger partial charge on any atom is -0.207 e. The standard InChI is InChI=1S/C22H27F/c1-15(2)11-19-14-22(4)16(3)5-8-20(22)13-18(19)12-17-6-9-21(23)10-7-17/h6-7,9-11,13,16H,5,8,12,14H2,1-4H3. The van der Waals surface area contributed by atoms with Crippen LogP contribution in [-0.2, 0) is 6.42 Å². The van der Waals surface area contributed by atoms with Crippen molar-refractivity contribution in [2.45, 2.75) is 53.4 Å². The fourth-order valence-corrected chi connectivity index (χ4v) is 4.11. The molecule has 1 aromatic carbocycles. The maximum absolute atomic E-state index is 13.2. The molecule has 2 unspecified atom stereocenters. The molecule has 0 N–H and O–H groups in total. The molecule has 2 aliphatic carbocycles. The van der Waals surface area contributed by atoms with Crippen LogP contribution in [0.3, 0.4) is 0 Å². The van der Waals surface area contributed by atoms with Gasteiger partial charge in [-0.1, -0.05) is 49.3 Å². The lowest BCUT2D eigenvalue weighted by molar-refractivity contribution is 0.292. The zero-order chi connectivity index (χ0) is 16.6. The minimum absolute atomic E-state index is 0.161. The Morgan fingerprint density at radius 1 is 1.26 bits per heavy atom. The molecule has 1 aromatic rings. The van der Waals surface area contributed by atoms with E-state index in [1.807, 2.05) is 12.1 Å². The molecule has 0 heterocycles. The third kappa shape index (κ3) is 3.20. The molecule has 0 amide bonds. The van der Waals surface area contributed by atoms with Gasteiger partial charge >= 0.3 is 0 Å². The topological polar surface area (TPSA) is 0 Å². The molecule has 23 heavy (non-hydrogen) atoms. The van der Waals surface area contributed by atoms with Gasteiger partial charge in [-0.3, -0.25) is 0 Å². The van der Waals surface area contributed by atoms with Crippen LogP contribution in [0.5, 0.6) is 0 Å². The van der Waals surface area contributed by atoms with Crippen LogP contribution in [0.2, 0.25) is 0 Å². The minimum atomic E-state index is -0.161. The molecule has 0 radical (unpaired) electrons. The quantitative estimate of drug-likeness (QED) is 0.606. The maximum Gasteiger partial charge on any atom is 0.123 e. The lowest BCUT2D eigenvalue weighted by atomic mass is 9.68. The first-order valence-electron chi connectivity index (χ1n) is 8.71. The van der Waals surface area contributed by atoms with Gasteiger partial charge in [0.05, 0.1) is 0 Å². The summed E-state index contributed by atoms with van der Waals surface area (Å²) in [7, 11) is 0. The zero-order valence-electron chi connectivity index (χ0n) is 14.7. The van der Waals surface area contributed by atoms with Gasteiger partial charge in [0, 0.05) is 0 Å². The third-order valence-electron chi connectivity index (χ3n) is 5.76. The summed E-state index contributed by atoms with van der Waals surface area (Å²) in [4.78, 5) is 0. The molecule has 0 nitrogen and oxygen atoms in total. The molecule has 0 saturated heterocycles. The van der Waals surface area contributed by atoms with E-state index in [1.165, 1.54) is 35.1 Å². The zero-order valence-corrected chi connectivity index (χ0v) is 14.7. The van der Waals surface area contributed by atoms with E-state index in [1.54, 1.807) is 17.7 Å². The number of benzene rings is 1. The van der Waals surface area contributed by atoms with Crippen molar-refractivity contribution in [3.63, 3.8) is 0 Å². The van der Waals surface area contributed by atoms with Crippen molar-refractivity contribution in [1.82, 2.24) is 0 Å². The Hall–Kier alpha value is -1.63. The first kappa shape index (κ1) is 16.2. The molecule has 2 aliphatic rings. The van der Waals surface area contributed by atoms with Crippen LogP contribution >= 0.6 is 0 Å². The highest BCUT2D eigenvalue weighted by molar-refractivity contribution is 5.47. The van der Waals surface area contributed by atoms with Crippen molar-refractivity contribution in [2.24, 2.45) is 11.3 Å². The van der Waals surface area contributed by atoms with Crippen molar-refractivity contribution in [3.8, 4) is 0 Å². The fourth-order valence-electron chi connectivity index (χ4n) is 4.11. The fraction of sp³-hybridized carbons (Fsp3) is 0.455. The molecule has 1 saturated carbocycles. The summed E-state index contributed by atoms with van der Waals surface area (Å²) in [5.41, 5.74) is 7.37. The summed E-state index contributed by atoms with van der Waals surface area (Å²) in [6, 6.07) is 6.94. The summed E-state index contributed by atoms with van der Waals surface area (Å²) < 4.78 is 13.2. The number of halogens is 1. The third-order valence-corrected chi connectivity index (χ3v) is 5.76. The van der Waals surface area contributed by atoms with Gasteiger partial charge in [-0.15, -0.1) is 0 Å². The molecule has 1 heteroatoms. The van der Waals surface area contributed by atoms with Crippen LogP contribution < -0.4 is 0 Å². The molecule has 2 atom stereocenters. The number of hydrogen-bond acceptors (Lipinski definition) is 0. The highest BCUT2D eigenvalue weighted by atomic mass is 19.1. The van der Waals surface area contributed by atoms with E-state index in [0.717, 1.165) is 18.8 Å². The first-order valence-corrected chi connectivity index (χ1v) is 8.71. The van der Waals surface area contributed by atoms with Crippen molar-refractivity contribution in [3.05, 3.63) is 70.1 Å². The Morgan fingerprint density at radius 2 is 1.96 bits per heavy atom. The molecule has 0 aliphatic heterocycles. The van der Waals surface area contributed by atoms with Crippen molar-refractivity contribution < 1.29 is 4.39 Å². The van der Waals surface area contributed by atoms with E-state index in [4.69, 9.17) is 0 Å². The van der Waals surface area contributed by atoms with Crippen LogP contribution in [0.25, 0.3) is 0 Å². The molecule has 122 valence electrons. The monoisotopic (exact) mass is 310 g/mol. The largest absolute Gasteiger partial charge is 0.207 e. The highest BCUT2D eigenvalue weighted by Crippen LogP contribution is 2.54. The smallest absolute Gasteiger partial charge is 0.123 e. The average molecular weight is 310 g/mol. The number of allylic oxidation sites excluding steroid dienone is 6. The van der Waals surface area contributed by atoms with Crippen molar-refractivity contribution >= 4 is 0 Å². The van der Waals surface area contributed by atoms with Crippen LogP contribution in [-0.4, -0.2) is 0 Å². The van der Waals surface area contributed by atoms with Gasteiger partial charge in [-0.05, 0) is 79.7 Å². The molecule has 0 bridgehead atoms. The van der Waals surface area contributed by atoms with Gasteiger partial charge in [-0.25, -0.2) is 4.39 Å². The summed E-state index contributed by atoms with van der Waals surface area (Å²) in [6.07, 6.45) is 9.36. The second kappa shape index (κ2) is 6.11. The lowest BCUT2D eigenvalue weighted by Gasteiger charge is -2.36. The van der Waals surface area contributed by atoms with Crippen LogP contribution in [0.15, 0.2) is 58.7 Å². The van der Waals surface area contributed by atoms with E-state index in [2.05, 4.69) is 39.8 Å². The molecular formula is C22H27F. The van der Waals surface area contributed by atoms with E-state index in [0.29, 0.717) is 5.41 Å². The number of rotatable bonds is 3. The molecule has 1 fully saturated rings. The van der Waals surface area contributed by atoms with Gasteiger partial charge in [0.25, 0.3) is 0 Å².